The van der Waals surface area contributed by atoms with Crippen LogP contribution in [0.3, 0.4) is 0 Å². The monoisotopic (exact) mass is 518 g/mol. The van der Waals surface area contributed by atoms with Crippen molar-refractivity contribution >= 4 is 17.3 Å². The van der Waals surface area contributed by atoms with Gasteiger partial charge in [0.2, 0.25) is 6.41 Å². The number of likely N-dealkylation sites (tertiary alicyclic amines) is 1. The molecule has 3 heterocycles. The molecule has 2 aromatic heterocycles. The molecule has 1 aliphatic heterocycles. The number of nitrogens with zero attached hydrogens (tertiary/aromatic N) is 4. The zero-order valence-corrected chi connectivity index (χ0v) is 22.0. The standard InChI is InChI=1S/C32H34N6O/c39-23-34-26-17-19-37(20-18-26)30(21-25-22-33-29-14-8-7-13-28(25)29)32-36-35-31(16-15-24-9-3-1-4-10-24)38(32)27-11-5-2-6-12-27/h1-14,22-23,26,30,33H,15-21H2,(H,34,39)/t30-/m1/s1. The van der Waals surface area contributed by atoms with Crippen LogP contribution in [-0.2, 0) is 24.1 Å². The normalized spacial score (nSPS) is 15.4. The molecule has 0 bridgehead atoms. The fourth-order valence-corrected chi connectivity index (χ4v) is 5.83. The fourth-order valence-electron chi connectivity index (χ4n) is 5.83. The third kappa shape index (κ3) is 5.49. The summed E-state index contributed by atoms with van der Waals surface area (Å²) in [6.45, 7) is 1.78. The Kier molecular flexibility index (Phi) is 7.50. The molecule has 5 aromatic rings. The van der Waals surface area contributed by atoms with Crippen LogP contribution in [0.1, 0.15) is 41.7 Å². The summed E-state index contributed by atoms with van der Waals surface area (Å²) in [5.41, 5.74) is 4.80. The summed E-state index contributed by atoms with van der Waals surface area (Å²) < 4.78 is 2.28. The smallest absolute Gasteiger partial charge is 0.207 e. The van der Waals surface area contributed by atoms with Crippen molar-refractivity contribution in [2.45, 2.75) is 44.2 Å². The van der Waals surface area contributed by atoms with Crippen molar-refractivity contribution in [3.8, 4) is 5.69 Å². The number of para-hydroxylation sites is 2. The Bertz CT molecular complexity index is 1500. The van der Waals surface area contributed by atoms with E-state index in [4.69, 9.17) is 10.2 Å². The molecule has 198 valence electrons. The Labute approximate surface area is 228 Å². The lowest BCUT2D eigenvalue weighted by Crippen LogP contribution is -2.44. The zero-order chi connectivity index (χ0) is 26.4. The maximum atomic E-state index is 11.1. The van der Waals surface area contributed by atoms with E-state index in [0.717, 1.165) is 74.5 Å². The molecule has 7 heteroatoms. The van der Waals surface area contributed by atoms with Crippen LogP contribution < -0.4 is 5.32 Å². The number of hydrogen-bond donors (Lipinski definition) is 2. The Morgan fingerprint density at radius 1 is 0.897 bits per heavy atom. The Balaban J connectivity index is 1.38. The zero-order valence-electron chi connectivity index (χ0n) is 22.0. The van der Waals surface area contributed by atoms with Gasteiger partial charge in [0.1, 0.15) is 5.82 Å². The number of aromatic nitrogens is 4. The molecule has 1 fully saturated rings. The Morgan fingerprint density at radius 2 is 1.62 bits per heavy atom. The molecule has 3 aromatic carbocycles. The van der Waals surface area contributed by atoms with Gasteiger partial charge in [0, 0.05) is 48.3 Å². The average Bonchev–Trinajstić information content (AvgIpc) is 3.61. The molecule has 0 spiro atoms. The van der Waals surface area contributed by atoms with Gasteiger partial charge in [-0.25, -0.2) is 0 Å². The van der Waals surface area contributed by atoms with E-state index in [-0.39, 0.29) is 12.1 Å². The molecule has 39 heavy (non-hydrogen) atoms. The highest BCUT2D eigenvalue weighted by Gasteiger charge is 2.31. The summed E-state index contributed by atoms with van der Waals surface area (Å²) in [5.74, 6) is 1.94. The molecule has 1 amide bonds. The van der Waals surface area contributed by atoms with E-state index in [1.807, 2.05) is 6.07 Å². The van der Waals surface area contributed by atoms with Crippen molar-refractivity contribution in [3.05, 3.63) is 114 Å². The summed E-state index contributed by atoms with van der Waals surface area (Å²) in [4.78, 5) is 17.0. The van der Waals surface area contributed by atoms with Crippen LogP contribution in [-0.4, -0.2) is 50.2 Å². The van der Waals surface area contributed by atoms with Gasteiger partial charge >= 0.3 is 0 Å². The summed E-state index contributed by atoms with van der Waals surface area (Å²) in [5, 5.41) is 13.9. The number of benzene rings is 3. The van der Waals surface area contributed by atoms with E-state index in [1.54, 1.807) is 0 Å². The van der Waals surface area contributed by atoms with Gasteiger partial charge in [0.15, 0.2) is 5.82 Å². The van der Waals surface area contributed by atoms with Gasteiger partial charge in [-0.1, -0.05) is 66.7 Å². The third-order valence-corrected chi connectivity index (χ3v) is 7.91. The molecule has 1 aliphatic rings. The lowest BCUT2D eigenvalue weighted by molar-refractivity contribution is -0.110. The minimum absolute atomic E-state index is 0.0413. The number of aryl methyl sites for hydroxylation is 2. The highest BCUT2D eigenvalue weighted by molar-refractivity contribution is 5.83. The molecule has 2 N–H and O–H groups in total. The maximum Gasteiger partial charge on any atom is 0.207 e. The molecule has 1 saturated heterocycles. The van der Waals surface area contributed by atoms with Crippen molar-refractivity contribution in [2.24, 2.45) is 0 Å². The number of H-pyrrole nitrogens is 1. The van der Waals surface area contributed by atoms with E-state index < -0.39 is 0 Å². The molecular weight excluding hydrogens is 484 g/mol. The second-order valence-electron chi connectivity index (χ2n) is 10.3. The van der Waals surface area contributed by atoms with Crippen molar-refractivity contribution in [2.75, 3.05) is 13.1 Å². The first kappa shape index (κ1) is 25.1. The second-order valence-corrected chi connectivity index (χ2v) is 10.3. The van der Waals surface area contributed by atoms with Crippen molar-refractivity contribution in [3.63, 3.8) is 0 Å². The first-order valence-corrected chi connectivity index (χ1v) is 13.8. The average molecular weight is 519 g/mol. The van der Waals surface area contributed by atoms with E-state index in [1.165, 1.54) is 16.5 Å². The van der Waals surface area contributed by atoms with Crippen LogP contribution in [0.5, 0.6) is 0 Å². The van der Waals surface area contributed by atoms with E-state index >= 15 is 0 Å². The number of nitrogens with one attached hydrogen (secondary N) is 2. The lowest BCUT2D eigenvalue weighted by Gasteiger charge is -2.37. The molecule has 7 nitrogen and oxygen atoms in total. The molecular formula is C32H34N6O. The van der Waals surface area contributed by atoms with Crippen LogP contribution in [0.4, 0.5) is 0 Å². The summed E-state index contributed by atoms with van der Waals surface area (Å²) in [6.07, 6.45) is 7.33. The quantitative estimate of drug-likeness (QED) is 0.254. The van der Waals surface area contributed by atoms with E-state index in [2.05, 4.69) is 105 Å². The third-order valence-electron chi connectivity index (χ3n) is 7.91. The van der Waals surface area contributed by atoms with Gasteiger partial charge < -0.3 is 10.3 Å². The van der Waals surface area contributed by atoms with Gasteiger partial charge in [0.25, 0.3) is 0 Å². The van der Waals surface area contributed by atoms with Crippen LogP contribution in [0.2, 0.25) is 0 Å². The molecule has 0 radical (unpaired) electrons. The predicted molar refractivity (Wildman–Crippen MR) is 154 cm³/mol. The van der Waals surface area contributed by atoms with Gasteiger partial charge in [-0.05, 0) is 55.0 Å². The van der Waals surface area contributed by atoms with Crippen molar-refractivity contribution < 1.29 is 4.79 Å². The SMILES string of the molecule is O=CNC1CCN([C@H](Cc2c[nH]c3ccccc23)c2nnc(CCc3ccccc3)n2-c2ccccc2)CC1. The molecule has 6 rings (SSSR count). The number of fused-ring (bicyclic) bond motifs is 1. The second kappa shape index (κ2) is 11.7. The summed E-state index contributed by atoms with van der Waals surface area (Å²) in [6, 6.07) is 29.8. The predicted octanol–water partition coefficient (Wildman–Crippen LogP) is 5.03. The first-order chi connectivity index (χ1) is 19.3. The van der Waals surface area contributed by atoms with E-state index in [9.17, 15) is 4.79 Å². The number of piperidine rings is 1. The van der Waals surface area contributed by atoms with Gasteiger partial charge in [-0.3, -0.25) is 14.3 Å². The van der Waals surface area contributed by atoms with Gasteiger partial charge in [-0.2, -0.15) is 0 Å². The van der Waals surface area contributed by atoms with Crippen molar-refractivity contribution in [1.29, 1.82) is 0 Å². The fraction of sp³-hybridized carbons (Fsp3) is 0.281. The number of carbonyl (C=O) groups is 1. The van der Waals surface area contributed by atoms with Crippen LogP contribution in [0, 0.1) is 0 Å². The number of amides is 1. The Morgan fingerprint density at radius 3 is 2.38 bits per heavy atom. The summed E-state index contributed by atoms with van der Waals surface area (Å²) in [7, 11) is 0. The van der Waals surface area contributed by atoms with Crippen molar-refractivity contribution in [1.82, 2.24) is 30.0 Å². The highest BCUT2D eigenvalue weighted by Crippen LogP contribution is 2.32. The van der Waals surface area contributed by atoms with Crippen LogP contribution in [0.15, 0.2) is 91.1 Å². The topological polar surface area (TPSA) is 78.8 Å². The highest BCUT2D eigenvalue weighted by atomic mass is 16.1. The lowest BCUT2D eigenvalue weighted by atomic mass is 9.98. The Hall–Kier alpha value is -4.23. The number of carbonyl (C=O) groups excluding carboxylic acids is 1. The molecule has 0 aliphatic carbocycles. The minimum Gasteiger partial charge on any atom is -0.361 e. The molecule has 1 atom stereocenters. The van der Waals surface area contributed by atoms with E-state index in [0.29, 0.717) is 0 Å². The van der Waals surface area contributed by atoms with Crippen LogP contribution in [0.25, 0.3) is 16.6 Å². The maximum absolute atomic E-state index is 11.1. The largest absolute Gasteiger partial charge is 0.361 e. The van der Waals surface area contributed by atoms with Crippen LogP contribution >= 0.6 is 0 Å². The number of aromatic amines is 1. The molecule has 0 unspecified atom stereocenters. The summed E-state index contributed by atoms with van der Waals surface area (Å²) >= 11 is 0. The number of rotatable bonds is 10. The number of hydrogen-bond acceptors (Lipinski definition) is 4. The van der Waals surface area contributed by atoms with Gasteiger partial charge in [-0.15, -0.1) is 10.2 Å². The minimum atomic E-state index is 0.0413. The molecule has 0 saturated carbocycles. The first-order valence-electron chi connectivity index (χ1n) is 13.8. The van der Waals surface area contributed by atoms with Gasteiger partial charge in [0.05, 0.1) is 6.04 Å².